The van der Waals surface area contributed by atoms with E-state index in [9.17, 15) is 13.2 Å². The predicted octanol–water partition coefficient (Wildman–Crippen LogP) is 5.01. The lowest BCUT2D eigenvalue weighted by molar-refractivity contribution is -0.121. The van der Waals surface area contributed by atoms with E-state index in [4.69, 9.17) is 49.0 Å². The molecule has 0 saturated heterocycles. The number of sulfonamides is 1. The Balaban J connectivity index is 1.84. The zero-order valence-electron chi connectivity index (χ0n) is 20.6. The normalized spacial score (nSPS) is 11.6. The molecular formula is C25H24Cl3N3O6S. The number of amides is 1. The van der Waals surface area contributed by atoms with E-state index in [0.717, 1.165) is 4.31 Å². The van der Waals surface area contributed by atoms with Crippen LogP contribution in [0, 0.1) is 0 Å². The van der Waals surface area contributed by atoms with Crippen molar-refractivity contribution in [3.8, 4) is 17.2 Å². The minimum atomic E-state index is -4.10. The molecule has 0 aliphatic heterocycles. The molecule has 0 heterocycles. The summed E-state index contributed by atoms with van der Waals surface area (Å²) in [5.74, 6) is 0.470. The first-order valence-electron chi connectivity index (χ1n) is 10.9. The number of methoxy groups -OCH3 is 3. The molecule has 3 aromatic rings. The average Bonchev–Trinajstić information content (AvgIpc) is 2.90. The maximum Gasteiger partial charge on any atom is 0.255 e. The quantitative estimate of drug-likeness (QED) is 0.245. The third-order valence-corrected chi connectivity index (χ3v) is 8.04. The second-order valence-electron chi connectivity index (χ2n) is 7.69. The van der Waals surface area contributed by atoms with Crippen LogP contribution in [0.5, 0.6) is 17.2 Å². The molecule has 0 fully saturated rings. The summed E-state index contributed by atoms with van der Waals surface area (Å²) in [6.07, 6.45) is 1.34. The van der Waals surface area contributed by atoms with Crippen LogP contribution in [-0.2, 0) is 21.4 Å². The average molecular weight is 601 g/mol. The first-order chi connectivity index (χ1) is 18.1. The van der Waals surface area contributed by atoms with Gasteiger partial charge in [0, 0.05) is 17.1 Å². The number of nitrogens with zero attached hydrogens (tertiary/aromatic N) is 2. The van der Waals surface area contributed by atoms with Crippen molar-refractivity contribution in [2.75, 3.05) is 27.9 Å². The Hall–Kier alpha value is -3.02. The van der Waals surface area contributed by atoms with Gasteiger partial charge in [0.2, 0.25) is 15.8 Å². The van der Waals surface area contributed by atoms with Crippen LogP contribution in [0.15, 0.2) is 64.6 Å². The number of rotatable bonds is 11. The van der Waals surface area contributed by atoms with E-state index >= 15 is 0 Å². The molecule has 13 heteroatoms. The van der Waals surface area contributed by atoms with Crippen LogP contribution in [0.4, 0.5) is 0 Å². The highest BCUT2D eigenvalue weighted by atomic mass is 35.5. The molecule has 0 aliphatic carbocycles. The van der Waals surface area contributed by atoms with E-state index in [1.165, 1.54) is 57.9 Å². The SMILES string of the molecule is COc1ccc(/C=N\NC(=O)CN(Cc2ccc(Cl)c(Cl)c2)S(=O)(=O)c2ccc(Cl)cc2)c(OC)c1OC. The summed E-state index contributed by atoms with van der Waals surface area (Å²) in [4.78, 5) is 12.8. The summed E-state index contributed by atoms with van der Waals surface area (Å²) in [6, 6.07) is 13.6. The minimum absolute atomic E-state index is 0.0340. The third kappa shape index (κ3) is 7.09. The fourth-order valence-electron chi connectivity index (χ4n) is 3.42. The van der Waals surface area contributed by atoms with Crippen molar-refractivity contribution in [2.45, 2.75) is 11.4 Å². The van der Waals surface area contributed by atoms with Crippen LogP contribution in [0.2, 0.25) is 15.1 Å². The van der Waals surface area contributed by atoms with Gasteiger partial charge in [0.1, 0.15) is 0 Å². The summed E-state index contributed by atoms with van der Waals surface area (Å²) in [6.45, 7) is -0.686. The molecule has 1 amide bonds. The summed E-state index contributed by atoms with van der Waals surface area (Å²) in [7, 11) is 0.309. The highest BCUT2D eigenvalue weighted by molar-refractivity contribution is 7.89. The predicted molar refractivity (Wildman–Crippen MR) is 147 cm³/mol. The zero-order valence-corrected chi connectivity index (χ0v) is 23.7. The van der Waals surface area contributed by atoms with Gasteiger partial charge in [0.25, 0.3) is 5.91 Å². The van der Waals surface area contributed by atoms with Crippen LogP contribution in [-0.4, -0.2) is 52.7 Å². The Labute approximate surface area is 235 Å². The number of ether oxygens (including phenoxy) is 3. The monoisotopic (exact) mass is 599 g/mol. The molecule has 9 nitrogen and oxygen atoms in total. The topological polar surface area (TPSA) is 107 Å². The molecular weight excluding hydrogens is 577 g/mol. The zero-order chi connectivity index (χ0) is 27.9. The number of carbonyl (C=O) groups is 1. The molecule has 0 saturated carbocycles. The van der Waals surface area contributed by atoms with Crippen molar-refractivity contribution in [1.82, 2.24) is 9.73 Å². The Morgan fingerprint density at radius 2 is 1.61 bits per heavy atom. The standard InChI is InChI=1S/C25H24Cl3N3O6S/c1-35-22-11-5-17(24(36-2)25(22)37-3)13-29-30-23(32)15-31(14-16-4-10-20(27)21(28)12-16)38(33,34)19-8-6-18(26)7-9-19/h4-13H,14-15H2,1-3H3,(H,30,32)/b29-13-. The van der Waals surface area contributed by atoms with Gasteiger partial charge in [0.05, 0.1) is 49.0 Å². The number of halogens is 3. The van der Waals surface area contributed by atoms with Crippen molar-refractivity contribution in [3.63, 3.8) is 0 Å². The van der Waals surface area contributed by atoms with Gasteiger partial charge >= 0.3 is 0 Å². The van der Waals surface area contributed by atoms with Gasteiger partial charge < -0.3 is 14.2 Å². The van der Waals surface area contributed by atoms with Gasteiger partial charge in [-0.25, -0.2) is 13.8 Å². The van der Waals surface area contributed by atoms with E-state index in [1.54, 1.807) is 24.3 Å². The molecule has 0 bridgehead atoms. The van der Waals surface area contributed by atoms with Gasteiger partial charge in [-0.3, -0.25) is 4.79 Å². The largest absolute Gasteiger partial charge is 0.493 e. The Bertz CT molecular complexity index is 1430. The van der Waals surface area contributed by atoms with Gasteiger partial charge in [-0.05, 0) is 54.1 Å². The molecule has 0 radical (unpaired) electrons. The number of carbonyl (C=O) groups excluding carboxylic acids is 1. The Morgan fingerprint density at radius 3 is 2.21 bits per heavy atom. The number of hydrogen-bond acceptors (Lipinski definition) is 7. The third-order valence-electron chi connectivity index (χ3n) is 5.24. The van der Waals surface area contributed by atoms with E-state index in [1.807, 2.05) is 0 Å². The summed E-state index contributed by atoms with van der Waals surface area (Å²) in [5, 5.41) is 4.90. The summed E-state index contributed by atoms with van der Waals surface area (Å²) < 4.78 is 43.8. The van der Waals surface area contributed by atoms with Crippen molar-refractivity contribution in [3.05, 3.63) is 80.8 Å². The smallest absolute Gasteiger partial charge is 0.255 e. The van der Waals surface area contributed by atoms with E-state index in [0.29, 0.717) is 38.4 Å². The number of hydrazone groups is 1. The van der Waals surface area contributed by atoms with Gasteiger partial charge in [-0.1, -0.05) is 40.9 Å². The lowest BCUT2D eigenvalue weighted by atomic mass is 10.2. The first kappa shape index (κ1) is 29.5. The highest BCUT2D eigenvalue weighted by Crippen LogP contribution is 2.39. The highest BCUT2D eigenvalue weighted by Gasteiger charge is 2.27. The van der Waals surface area contributed by atoms with E-state index in [2.05, 4.69) is 10.5 Å². The maximum atomic E-state index is 13.4. The maximum absolute atomic E-state index is 13.4. The van der Waals surface area contributed by atoms with Crippen LogP contribution >= 0.6 is 34.8 Å². The Kier molecular flexibility index (Phi) is 10.2. The first-order valence-corrected chi connectivity index (χ1v) is 13.5. The van der Waals surface area contributed by atoms with Crippen molar-refractivity contribution in [2.24, 2.45) is 5.10 Å². The molecule has 3 aromatic carbocycles. The van der Waals surface area contributed by atoms with Crippen molar-refractivity contribution < 1.29 is 27.4 Å². The van der Waals surface area contributed by atoms with Crippen LogP contribution in [0.3, 0.4) is 0 Å². The number of benzene rings is 3. The molecule has 0 unspecified atom stereocenters. The second kappa shape index (κ2) is 13.2. The number of hydrogen-bond donors (Lipinski definition) is 1. The lowest BCUT2D eigenvalue weighted by Crippen LogP contribution is -2.39. The van der Waals surface area contributed by atoms with Crippen molar-refractivity contribution >= 4 is 56.9 Å². The molecule has 38 heavy (non-hydrogen) atoms. The molecule has 0 aromatic heterocycles. The summed E-state index contributed by atoms with van der Waals surface area (Å²) >= 11 is 18.0. The van der Waals surface area contributed by atoms with E-state index < -0.39 is 22.5 Å². The second-order valence-corrected chi connectivity index (χ2v) is 10.9. The van der Waals surface area contributed by atoms with Crippen LogP contribution in [0.25, 0.3) is 0 Å². The van der Waals surface area contributed by atoms with Gasteiger partial charge in [0.15, 0.2) is 11.5 Å². The molecule has 0 aliphatic rings. The van der Waals surface area contributed by atoms with Gasteiger partial charge in [-0.2, -0.15) is 9.41 Å². The molecule has 0 spiro atoms. The molecule has 1 N–H and O–H groups in total. The summed E-state index contributed by atoms with van der Waals surface area (Å²) in [5.41, 5.74) is 3.37. The van der Waals surface area contributed by atoms with Gasteiger partial charge in [-0.15, -0.1) is 0 Å². The van der Waals surface area contributed by atoms with E-state index in [-0.39, 0.29) is 16.5 Å². The molecule has 202 valence electrons. The van der Waals surface area contributed by atoms with Crippen LogP contribution < -0.4 is 19.6 Å². The fraction of sp³-hybridized carbons (Fsp3) is 0.200. The Morgan fingerprint density at radius 1 is 0.921 bits per heavy atom. The molecule has 0 atom stereocenters. The van der Waals surface area contributed by atoms with Crippen molar-refractivity contribution in [1.29, 1.82) is 0 Å². The molecule has 3 rings (SSSR count). The van der Waals surface area contributed by atoms with Crippen LogP contribution in [0.1, 0.15) is 11.1 Å². The number of nitrogens with one attached hydrogen (secondary N) is 1. The minimum Gasteiger partial charge on any atom is -0.493 e. The lowest BCUT2D eigenvalue weighted by Gasteiger charge is -2.22. The fourth-order valence-corrected chi connectivity index (χ4v) is 5.25.